The summed E-state index contributed by atoms with van der Waals surface area (Å²) in [6.45, 7) is 2.55. The van der Waals surface area contributed by atoms with Crippen LogP contribution in [0.3, 0.4) is 0 Å². The van der Waals surface area contributed by atoms with Gasteiger partial charge >= 0.3 is 0 Å². The molecule has 0 spiro atoms. The van der Waals surface area contributed by atoms with Crippen LogP contribution in [0.1, 0.15) is 35.8 Å². The highest BCUT2D eigenvalue weighted by atomic mass is 19.1. The summed E-state index contributed by atoms with van der Waals surface area (Å²) in [5.41, 5.74) is 1.14. The maximum atomic E-state index is 14.0. The highest BCUT2D eigenvalue weighted by molar-refractivity contribution is 5.88. The zero-order valence-corrected chi connectivity index (χ0v) is 22.9. The first-order valence-corrected chi connectivity index (χ1v) is 13.6. The average Bonchev–Trinajstić information content (AvgIpc) is 3.80. The Bertz CT molecular complexity index is 1560. The van der Waals surface area contributed by atoms with Crippen molar-refractivity contribution in [3.05, 3.63) is 77.3 Å². The maximum Gasteiger partial charge on any atom is 0.247 e. The molecule has 4 aromatic rings. The lowest BCUT2D eigenvalue weighted by Crippen LogP contribution is -2.46. The molecular weight excluding hydrogens is 547 g/mol. The van der Waals surface area contributed by atoms with E-state index >= 15 is 0 Å². The minimum absolute atomic E-state index is 0.0315. The van der Waals surface area contributed by atoms with Gasteiger partial charge in [0, 0.05) is 19.7 Å². The van der Waals surface area contributed by atoms with Crippen molar-refractivity contribution < 1.29 is 32.6 Å². The number of carbonyl (C=O) groups is 2. The van der Waals surface area contributed by atoms with Crippen LogP contribution < -0.4 is 14.8 Å². The molecule has 0 saturated carbocycles. The number of hydrogen-bond donors (Lipinski definition) is 1. The van der Waals surface area contributed by atoms with Crippen molar-refractivity contribution in [2.45, 2.75) is 45.0 Å². The molecule has 2 aliphatic heterocycles. The number of nitrogens with one attached hydrogen (secondary N) is 1. The summed E-state index contributed by atoms with van der Waals surface area (Å²) in [6, 6.07) is 13.2. The molecule has 2 aromatic carbocycles. The lowest BCUT2D eigenvalue weighted by atomic mass is 10.0. The fraction of sp³-hybridized carbons (Fsp3) is 0.345. The number of amides is 2. The minimum Gasteiger partial charge on any atom is -0.458 e. The number of hydrogen-bond acceptors (Lipinski definition) is 9. The summed E-state index contributed by atoms with van der Waals surface area (Å²) in [7, 11) is 0. The monoisotopic (exact) mass is 576 g/mol. The Morgan fingerprint density at radius 1 is 1.12 bits per heavy atom. The quantitative estimate of drug-likeness (QED) is 0.302. The molecule has 0 unspecified atom stereocenters. The van der Waals surface area contributed by atoms with Crippen LogP contribution in [0, 0.1) is 12.7 Å². The van der Waals surface area contributed by atoms with Gasteiger partial charge in [-0.3, -0.25) is 9.59 Å². The average molecular weight is 577 g/mol. The van der Waals surface area contributed by atoms with Gasteiger partial charge in [0.15, 0.2) is 17.3 Å². The minimum atomic E-state index is -1.10. The van der Waals surface area contributed by atoms with Crippen molar-refractivity contribution in [1.29, 1.82) is 0 Å². The molecule has 2 aromatic heterocycles. The lowest BCUT2D eigenvalue weighted by molar-refractivity contribution is -0.142. The SMILES string of the molecule is Cc1ccc(-c2nnn(CC(=O)N(Cc3ccc4c(c3)OCO4)[C@@H](C(=O)NC[C@H]3CCCO3)c3ccc(F)cc3)n2)o1. The summed E-state index contributed by atoms with van der Waals surface area (Å²) in [6.07, 6.45) is 1.64. The van der Waals surface area contributed by atoms with Gasteiger partial charge in [0.1, 0.15) is 24.2 Å². The van der Waals surface area contributed by atoms with E-state index in [1.165, 1.54) is 29.2 Å². The van der Waals surface area contributed by atoms with Crippen molar-refractivity contribution in [2.24, 2.45) is 0 Å². The molecule has 2 amide bonds. The predicted octanol–water partition coefficient (Wildman–Crippen LogP) is 3.17. The summed E-state index contributed by atoms with van der Waals surface area (Å²) in [5.74, 6) is 1.11. The third-order valence-corrected chi connectivity index (χ3v) is 7.07. The summed E-state index contributed by atoms with van der Waals surface area (Å²) in [5, 5.41) is 15.3. The van der Waals surface area contributed by atoms with Crippen LogP contribution in [-0.2, 0) is 27.4 Å². The van der Waals surface area contributed by atoms with Gasteiger partial charge in [0.2, 0.25) is 24.4 Å². The van der Waals surface area contributed by atoms with Crippen molar-refractivity contribution in [1.82, 2.24) is 30.4 Å². The number of tetrazole rings is 1. The van der Waals surface area contributed by atoms with Crippen LogP contribution in [-0.4, -0.2) is 63.0 Å². The second-order valence-electron chi connectivity index (χ2n) is 10.1. The molecule has 0 radical (unpaired) electrons. The van der Waals surface area contributed by atoms with Gasteiger partial charge in [0.25, 0.3) is 0 Å². The Hall–Kier alpha value is -4.78. The van der Waals surface area contributed by atoms with Crippen LogP contribution in [0.5, 0.6) is 11.5 Å². The zero-order valence-electron chi connectivity index (χ0n) is 22.9. The molecule has 6 rings (SSSR count). The molecule has 1 fully saturated rings. The number of furan rings is 1. The number of ether oxygens (including phenoxy) is 3. The number of rotatable bonds is 10. The van der Waals surface area contributed by atoms with Crippen molar-refractivity contribution in [3.8, 4) is 23.1 Å². The van der Waals surface area contributed by atoms with E-state index in [-0.39, 0.29) is 31.8 Å². The molecule has 12 nitrogen and oxygen atoms in total. The predicted molar refractivity (Wildman–Crippen MR) is 144 cm³/mol. The van der Waals surface area contributed by atoms with Gasteiger partial charge in [-0.15, -0.1) is 10.2 Å². The van der Waals surface area contributed by atoms with Crippen LogP contribution in [0.2, 0.25) is 0 Å². The van der Waals surface area contributed by atoms with Crippen molar-refractivity contribution in [2.75, 3.05) is 19.9 Å². The van der Waals surface area contributed by atoms with Gasteiger partial charge in [-0.05, 0) is 72.5 Å². The topological polar surface area (TPSA) is 134 Å². The number of fused-ring (bicyclic) bond motifs is 1. The third-order valence-electron chi connectivity index (χ3n) is 7.07. The van der Waals surface area contributed by atoms with Gasteiger partial charge in [0.05, 0.1) is 6.10 Å². The second-order valence-corrected chi connectivity index (χ2v) is 10.1. The van der Waals surface area contributed by atoms with Gasteiger partial charge in [-0.2, -0.15) is 4.80 Å². The van der Waals surface area contributed by atoms with E-state index in [4.69, 9.17) is 18.6 Å². The molecule has 1 N–H and O–H groups in total. The fourth-order valence-corrected chi connectivity index (χ4v) is 4.97. The van der Waals surface area contributed by atoms with Crippen molar-refractivity contribution in [3.63, 3.8) is 0 Å². The molecule has 2 atom stereocenters. The summed E-state index contributed by atoms with van der Waals surface area (Å²) < 4.78 is 36.1. The summed E-state index contributed by atoms with van der Waals surface area (Å²) in [4.78, 5) is 30.3. The Balaban J connectivity index is 1.31. The molecule has 13 heteroatoms. The van der Waals surface area contributed by atoms with Gasteiger partial charge < -0.3 is 28.8 Å². The molecule has 218 valence electrons. The first-order chi connectivity index (χ1) is 20.4. The fourth-order valence-electron chi connectivity index (χ4n) is 4.97. The van der Waals surface area contributed by atoms with E-state index in [2.05, 4.69) is 20.7 Å². The number of benzene rings is 2. The lowest BCUT2D eigenvalue weighted by Gasteiger charge is -2.31. The normalized spacial score (nSPS) is 16.4. The van der Waals surface area contributed by atoms with Crippen LogP contribution in [0.25, 0.3) is 11.6 Å². The number of halogens is 1. The first-order valence-electron chi connectivity index (χ1n) is 13.6. The van der Waals surface area contributed by atoms with Gasteiger partial charge in [-0.25, -0.2) is 4.39 Å². The first kappa shape index (κ1) is 27.4. The Morgan fingerprint density at radius 3 is 2.71 bits per heavy atom. The number of carbonyl (C=O) groups excluding carboxylic acids is 2. The van der Waals surface area contributed by atoms with Crippen molar-refractivity contribution >= 4 is 11.8 Å². The van der Waals surface area contributed by atoms with E-state index < -0.39 is 23.7 Å². The maximum absolute atomic E-state index is 14.0. The molecule has 42 heavy (non-hydrogen) atoms. The highest BCUT2D eigenvalue weighted by Crippen LogP contribution is 2.34. The molecule has 1 saturated heterocycles. The Morgan fingerprint density at radius 2 is 1.95 bits per heavy atom. The molecule has 0 aliphatic carbocycles. The molecule has 0 bridgehead atoms. The van der Waals surface area contributed by atoms with E-state index in [0.29, 0.717) is 47.3 Å². The van der Waals surface area contributed by atoms with Gasteiger partial charge in [-0.1, -0.05) is 18.2 Å². The standard InChI is InChI=1S/C29H29FN6O6/c1-18-4-10-24(42-18)28-32-34-36(33-28)16-26(37)35(15-19-5-11-23-25(13-19)41-17-40-23)27(20-6-8-21(30)9-7-20)29(38)31-14-22-3-2-12-39-22/h4-11,13,22,27H,2-3,12,14-17H2,1H3,(H,31,38)/t22-,27-/m1/s1. The van der Waals surface area contributed by atoms with Crippen LogP contribution in [0.15, 0.2) is 59.0 Å². The smallest absolute Gasteiger partial charge is 0.247 e. The molecule has 2 aliphatic rings. The Kier molecular flexibility index (Phi) is 7.82. The van der Waals surface area contributed by atoms with Crippen LogP contribution in [0.4, 0.5) is 4.39 Å². The van der Waals surface area contributed by atoms with E-state index in [1.54, 1.807) is 37.3 Å². The van der Waals surface area contributed by atoms with E-state index in [1.807, 2.05) is 0 Å². The van der Waals surface area contributed by atoms with E-state index in [9.17, 15) is 14.0 Å². The Labute approximate surface area is 240 Å². The number of nitrogens with zero attached hydrogens (tertiary/aromatic N) is 5. The van der Waals surface area contributed by atoms with E-state index in [0.717, 1.165) is 17.6 Å². The highest BCUT2D eigenvalue weighted by Gasteiger charge is 2.33. The zero-order chi connectivity index (χ0) is 29.1. The third kappa shape index (κ3) is 6.10. The number of aromatic nitrogens is 4. The molecular formula is C29H29FN6O6. The molecule has 4 heterocycles. The number of aryl methyl sites for hydroxylation is 1. The van der Waals surface area contributed by atoms with Crippen LogP contribution >= 0.6 is 0 Å². The largest absolute Gasteiger partial charge is 0.458 e. The second kappa shape index (κ2) is 12.0. The summed E-state index contributed by atoms with van der Waals surface area (Å²) >= 11 is 0.